The number of carbonyl (C=O) groups excluding carboxylic acids is 1. The second-order valence-electron chi connectivity index (χ2n) is 5.91. The smallest absolute Gasteiger partial charge is 0.308 e. The number of aliphatic carboxylic acids is 1. The van der Waals surface area contributed by atoms with Gasteiger partial charge < -0.3 is 15.2 Å². The molecule has 0 bridgehead atoms. The Morgan fingerprint density at radius 3 is 2.92 bits per heavy atom. The summed E-state index contributed by atoms with van der Waals surface area (Å²) in [5.41, 5.74) is 0.512. The topological polar surface area (TPSA) is 75.6 Å². The third-order valence-corrected chi connectivity index (χ3v) is 5.60. The molecule has 128 valence electrons. The molecule has 3 rings (SSSR count). The molecule has 1 heterocycles. The number of halogens is 1. The second-order valence-corrected chi connectivity index (χ2v) is 6.96. The summed E-state index contributed by atoms with van der Waals surface area (Å²) in [6.45, 7) is 0.122. The van der Waals surface area contributed by atoms with Crippen LogP contribution in [0.4, 0.5) is 4.39 Å². The van der Waals surface area contributed by atoms with Crippen molar-refractivity contribution in [2.45, 2.75) is 31.9 Å². The zero-order chi connectivity index (χ0) is 17.3. The fourth-order valence-electron chi connectivity index (χ4n) is 3.30. The van der Waals surface area contributed by atoms with E-state index in [9.17, 15) is 19.1 Å². The van der Waals surface area contributed by atoms with Crippen LogP contribution in [0.5, 0.6) is 0 Å². The summed E-state index contributed by atoms with van der Waals surface area (Å²) in [7, 11) is 1.49. The number of carboxylic acids is 1. The highest BCUT2D eigenvalue weighted by Gasteiger charge is 2.34. The van der Waals surface area contributed by atoms with Gasteiger partial charge in [0.1, 0.15) is 5.82 Å². The van der Waals surface area contributed by atoms with E-state index in [0.717, 1.165) is 6.42 Å². The zero-order valence-electron chi connectivity index (χ0n) is 13.2. The van der Waals surface area contributed by atoms with Gasteiger partial charge in [0.15, 0.2) is 0 Å². The Hall–Kier alpha value is -1.99. The van der Waals surface area contributed by atoms with Gasteiger partial charge in [0.05, 0.1) is 17.4 Å². The summed E-state index contributed by atoms with van der Waals surface area (Å²) >= 11 is 1.20. The van der Waals surface area contributed by atoms with E-state index in [4.69, 9.17) is 4.74 Å². The molecule has 0 unspecified atom stereocenters. The number of hydrogen-bond acceptors (Lipinski definition) is 4. The molecule has 1 aromatic heterocycles. The first-order valence-electron chi connectivity index (χ1n) is 7.75. The van der Waals surface area contributed by atoms with Crippen LogP contribution in [0.1, 0.15) is 34.5 Å². The second kappa shape index (κ2) is 6.86. The van der Waals surface area contributed by atoms with Crippen LogP contribution in [0.15, 0.2) is 18.2 Å². The normalized spacial score (nSPS) is 20.4. The third kappa shape index (κ3) is 3.01. The summed E-state index contributed by atoms with van der Waals surface area (Å²) in [5.74, 6) is -2.21. The molecule has 5 nitrogen and oxygen atoms in total. The van der Waals surface area contributed by atoms with Crippen molar-refractivity contribution in [2.75, 3.05) is 7.11 Å². The van der Waals surface area contributed by atoms with Crippen molar-refractivity contribution in [3.8, 4) is 0 Å². The number of benzene rings is 1. The maximum Gasteiger partial charge on any atom is 0.308 e. The van der Waals surface area contributed by atoms with E-state index in [1.165, 1.54) is 24.5 Å². The van der Waals surface area contributed by atoms with Crippen molar-refractivity contribution >= 4 is 33.3 Å². The Morgan fingerprint density at radius 2 is 2.21 bits per heavy atom. The van der Waals surface area contributed by atoms with E-state index in [2.05, 4.69) is 5.32 Å². The van der Waals surface area contributed by atoms with Gasteiger partial charge in [-0.3, -0.25) is 9.59 Å². The summed E-state index contributed by atoms with van der Waals surface area (Å²) in [6.07, 6.45) is 1.97. The first-order valence-corrected chi connectivity index (χ1v) is 8.57. The number of carboxylic acid groups (broad SMARTS) is 1. The number of amides is 1. The molecule has 0 radical (unpaired) electrons. The van der Waals surface area contributed by atoms with Crippen molar-refractivity contribution < 1.29 is 23.8 Å². The van der Waals surface area contributed by atoms with Crippen LogP contribution < -0.4 is 5.32 Å². The number of nitrogens with one attached hydrogen (secondary N) is 1. The van der Waals surface area contributed by atoms with Gasteiger partial charge in [-0.1, -0.05) is 12.5 Å². The number of rotatable bonds is 5. The number of methoxy groups -OCH3 is 1. The van der Waals surface area contributed by atoms with Crippen LogP contribution in [0.3, 0.4) is 0 Å². The number of ether oxygens (including phenoxy) is 1. The summed E-state index contributed by atoms with van der Waals surface area (Å²) in [5, 5.41) is 12.5. The van der Waals surface area contributed by atoms with Gasteiger partial charge in [0.25, 0.3) is 5.91 Å². The molecule has 7 heteroatoms. The average molecular weight is 351 g/mol. The largest absolute Gasteiger partial charge is 0.481 e. The molecule has 0 spiro atoms. The van der Waals surface area contributed by atoms with Gasteiger partial charge in [-0.2, -0.15) is 0 Å². The van der Waals surface area contributed by atoms with Gasteiger partial charge in [-0.05, 0) is 25.0 Å². The lowest BCUT2D eigenvalue weighted by molar-refractivity contribution is -0.142. The third-order valence-electron chi connectivity index (χ3n) is 4.41. The SMILES string of the molecule is COCc1c(C(=O)N[C@@H]2CCC[C@@H]2C(=O)O)sc2cccc(F)c12. The highest BCUT2D eigenvalue weighted by atomic mass is 32.1. The molecule has 2 atom stereocenters. The van der Waals surface area contributed by atoms with E-state index in [0.29, 0.717) is 33.4 Å². The van der Waals surface area contributed by atoms with E-state index >= 15 is 0 Å². The van der Waals surface area contributed by atoms with Crippen LogP contribution in [-0.2, 0) is 16.1 Å². The standard InChI is InChI=1S/C17H18FNO4S/c1-23-8-10-14-11(18)5-3-7-13(14)24-15(10)16(20)19-12-6-2-4-9(12)17(21)22/h3,5,7,9,12H,2,4,6,8H2,1H3,(H,19,20)(H,21,22)/t9-,12+/m0/s1. The van der Waals surface area contributed by atoms with Crippen molar-refractivity contribution in [3.63, 3.8) is 0 Å². The molecule has 24 heavy (non-hydrogen) atoms. The lowest BCUT2D eigenvalue weighted by atomic mass is 10.0. The molecule has 1 aliphatic carbocycles. The highest BCUT2D eigenvalue weighted by Crippen LogP contribution is 2.34. The van der Waals surface area contributed by atoms with E-state index in [-0.39, 0.29) is 24.4 Å². The summed E-state index contributed by atoms with van der Waals surface area (Å²) in [4.78, 5) is 24.3. The first-order chi connectivity index (χ1) is 11.5. The Bertz CT molecular complexity index is 788. The molecule has 1 aliphatic rings. The van der Waals surface area contributed by atoms with Gasteiger partial charge in [0.2, 0.25) is 0 Å². The van der Waals surface area contributed by atoms with Crippen molar-refractivity contribution in [1.29, 1.82) is 0 Å². The predicted molar refractivity (Wildman–Crippen MR) is 88.7 cm³/mol. The lowest BCUT2D eigenvalue weighted by Crippen LogP contribution is -2.40. The molecule has 2 N–H and O–H groups in total. The van der Waals surface area contributed by atoms with Crippen LogP contribution >= 0.6 is 11.3 Å². The minimum absolute atomic E-state index is 0.122. The number of thiophene rings is 1. The number of fused-ring (bicyclic) bond motifs is 1. The maximum absolute atomic E-state index is 14.2. The van der Waals surface area contributed by atoms with E-state index < -0.39 is 11.9 Å². The monoisotopic (exact) mass is 351 g/mol. The summed E-state index contributed by atoms with van der Waals surface area (Å²) in [6, 6.07) is 4.33. The molecule has 1 amide bonds. The van der Waals surface area contributed by atoms with Gasteiger partial charge in [-0.25, -0.2) is 4.39 Å². The number of carbonyl (C=O) groups is 2. The first kappa shape index (κ1) is 16.9. The van der Waals surface area contributed by atoms with Gasteiger partial charge >= 0.3 is 5.97 Å². The molecule has 1 fully saturated rings. The fourth-order valence-corrected chi connectivity index (χ4v) is 4.42. The van der Waals surface area contributed by atoms with E-state index in [1.807, 2.05) is 0 Å². The van der Waals surface area contributed by atoms with Crippen LogP contribution in [0.2, 0.25) is 0 Å². The van der Waals surface area contributed by atoms with Gasteiger partial charge in [-0.15, -0.1) is 11.3 Å². The molecule has 0 saturated heterocycles. The van der Waals surface area contributed by atoms with Crippen molar-refractivity contribution in [3.05, 3.63) is 34.5 Å². The molecule has 2 aromatic rings. The molecular formula is C17H18FNO4S. The summed E-state index contributed by atoms with van der Waals surface area (Å²) < 4.78 is 20.0. The zero-order valence-corrected chi connectivity index (χ0v) is 14.0. The van der Waals surface area contributed by atoms with Crippen molar-refractivity contribution in [2.24, 2.45) is 5.92 Å². The maximum atomic E-state index is 14.2. The number of hydrogen-bond donors (Lipinski definition) is 2. The lowest BCUT2D eigenvalue weighted by Gasteiger charge is -2.17. The highest BCUT2D eigenvalue weighted by molar-refractivity contribution is 7.21. The Morgan fingerprint density at radius 1 is 1.42 bits per heavy atom. The van der Waals surface area contributed by atoms with E-state index in [1.54, 1.807) is 12.1 Å². The predicted octanol–water partition coefficient (Wildman–Crippen LogP) is 3.17. The molecule has 1 saturated carbocycles. The van der Waals surface area contributed by atoms with Gasteiger partial charge in [0, 0.05) is 28.8 Å². The van der Waals surface area contributed by atoms with Crippen LogP contribution in [-0.4, -0.2) is 30.1 Å². The van der Waals surface area contributed by atoms with Crippen molar-refractivity contribution in [1.82, 2.24) is 5.32 Å². The molecule has 0 aliphatic heterocycles. The Labute approximate surface area is 142 Å². The minimum atomic E-state index is -0.891. The van der Waals surface area contributed by atoms with Crippen LogP contribution in [0, 0.1) is 11.7 Å². The molecule has 1 aromatic carbocycles. The Kier molecular flexibility index (Phi) is 4.82. The van der Waals surface area contributed by atoms with Crippen LogP contribution in [0.25, 0.3) is 10.1 Å². The fraction of sp³-hybridized carbons (Fsp3) is 0.412. The quantitative estimate of drug-likeness (QED) is 0.868. The Balaban J connectivity index is 1.93. The molecular weight excluding hydrogens is 333 g/mol. The minimum Gasteiger partial charge on any atom is -0.481 e. The average Bonchev–Trinajstić information content (AvgIpc) is 3.13.